The normalized spacial score (nSPS) is 19.8. The zero-order valence-corrected chi connectivity index (χ0v) is 24.7. The van der Waals surface area contributed by atoms with Gasteiger partial charge in [-0.25, -0.2) is 0 Å². The number of amides is 6. The zero-order chi connectivity index (χ0) is 31.6. The number of nitrogens with zero attached hydrogens (tertiary/aromatic N) is 2. The van der Waals surface area contributed by atoms with Gasteiger partial charge in [0.2, 0.25) is 29.5 Å². The van der Waals surface area contributed by atoms with Gasteiger partial charge < -0.3 is 36.2 Å². The van der Waals surface area contributed by atoms with Crippen LogP contribution in [0, 0.1) is 0 Å². The summed E-state index contributed by atoms with van der Waals surface area (Å²) in [6.07, 6.45) is 0.799. The first-order valence-electron chi connectivity index (χ1n) is 14.6. The Morgan fingerprint density at radius 1 is 1.00 bits per heavy atom. The van der Waals surface area contributed by atoms with Gasteiger partial charge in [0.15, 0.2) is 0 Å². The lowest BCUT2D eigenvalue weighted by Gasteiger charge is -2.26. The van der Waals surface area contributed by atoms with E-state index >= 15 is 0 Å². The maximum atomic E-state index is 13.3. The standard InChI is InChI=1S/C31H38N6O7/c1-36-15-16-44-25-6-3-2-5-22(25)29(41)35-24(17-27(39)34-23(31(36)43)12-13-26(32)38)30(42)33-18-20-8-10-21(11-9-20)19-37-14-4-7-28(37)40/h2-3,5-6,8-11,23-24H,4,7,12-19H2,1H3,(H2,32,38)(H,33,42)(H,34,39)(H,35,41)/t23-,24-/m0/s1. The van der Waals surface area contributed by atoms with Crippen molar-refractivity contribution in [1.29, 1.82) is 0 Å². The van der Waals surface area contributed by atoms with Crippen molar-refractivity contribution in [3.63, 3.8) is 0 Å². The number of likely N-dealkylation sites (tertiary alicyclic amines) is 1. The van der Waals surface area contributed by atoms with Crippen molar-refractivity contribution in [2.45, 2.75) is 57.3 Å². The van der Waals surface area contributed by atoms with E-state index in [9.17, 15) is 28.8 Å². The van der Waals surface area contributed by atoms with Crippen LogP contribution in [0.15, 0.2) is 48.5 Å². The van der Waals surface area contributed by atoms with Crippen molar-refractivity contribution in [2.75, 3.05) is 26.7 Å². The number of hydrogen-bond acceptors (Lipinski definition) is 7. The van der Waals surface area contributed by atoms with Gasteiger partial charge in [0.05, 0.1) is 18.5 Å². The maximum absolute atomic E-state index is 13.3. The van der Waals surface area contributed by atoms with E-state index in [0.29, 0.717) is 13.0 Å². The molecule has 2 atom stereocenters. The van der Waals surface area contributed by atoms with E-state index in [1.165, 1.54) is 18.0 Å². The lowest BCUT2D eigenvalue weighted by Crippen LogP contribution is -2.52. The first kappa shape index (κ1) is 32.0. The highest BCUT2D eigenvalue weighted by Gasteiger charge is 2.30. The Kier molecular flexibility index (Phi) is 10.9. The Hall–Kier alpha value is -4.94. The number of carbonyl (C=O) groups excluding carboxylic acids is 6. The van der Waals surface area contributed by atoms with E-state index in [1.807, 2.05) is 29.2 Å². The van der Waals surface area contributed by atoms with Gasteiger partial charge in [0.1, 0.15) is 24.4 Å². The third kappa shape index (κ3) is 8.79. The summed E-state index contributed by atoms with van der Waals surface area (Å²) in [7, 11) is 1.54. The minimum Gasteiger partial charge on any atom is -0.491 e. The Morgan fingerprint density at radius 2 is 1.73 bits per heavy atom. The molecule has 13 nitrogen and oxygen atoms in total. The average Bonchev–Trinajstić information content (AvgIpc) is 3.41. The summed E-state index contributed by atoms with van der Waals surface area (Å²) in [5.74, 6) is -2.56. The van der Waals surface area contributed by atoms with Crippen LogP contribution in [0.2, 0.25) is 0 Å². The van der Waals surface area contributed by atoms with Crippen molar-refractivity contribution >= 4 is 35.4 Å². The molecule has 234 valence electrons. The molecule has 0 aromatic heterocycles. The maximum Gasteiger partial charge on any atom is 0.255 e. The SMILES string of the molecule is CN1CCOc2ccccc2C(=O)N[C@H](C(=O)NCc2ccc(CN3CCCC3=O)cc2)CC(=O)N[C@@H](CCC(N)=O)C1=O. The molecule has 0 bridgehead atoms. The Bertz CT molecular complexity index is 1400. The monoisotopic (exact) mass is 606 g/mol. The van der Waals surface area contributed by atoms with Crippen LogP contribution in [0.3, 0.4) is 0 Å². The second kappa shape index (κ2) is 15.0. The Balaban J connectivity index is 1.49. The molecule has 0 unspecified atom stereocenters. The van der Waals surface area contributed by atoms with Crippen molar-refractivity contribution in [3.8, 4) is 5.75 Å². The smallest absolute Gasteiger partial charge is 0.255 e. The number of hydrogen-bond donors (Lipinski definition) is 4. The minimum absolute atomic E-state index is 0.0287. The molecule has 2 aliphatic rings. The molecule has 44 heavy (non-hydrogen) atoms. The molecule has 2 heterocycles. The van der Waals surface area contributed by atoms with Gasteiger partial charge in [0.25, 0.3) is 5.91 Å². The van der Waals surface area contributed by atoms with E-state index in [2.05, 4.69) is 16.0 Å². The topological polar surface area (TPSA) is 180 Å². The number of nitrogens with two attached hydrogens (primary N) is 1. The predicted octanol–water partition coefficient (Wildman–Crippen LogP) is 0.215. The van der Waals surface area contributed by atoms with E-state index in [4.69, 9.17) is 10.5 Å². The number of benzene rings is 2. The van der Waals surface area contributed by atoms with Crippen LogP contribution in [0.1, 0.15) is 53.6 Å². The molecule has 1 saturated heterocycles. The number of fused-ring (bicyclic) bond motifs is 1. The van der Waals surface area contributed by atoms with Crippen LogP contribution in [0.4, 0.5) is 0 Å². The molecule has 2 aromatic carbocycles. The van der Waals surface area contributed by atoms with Gasteiger partial charge in [-0.2, -0.15) is 0 Å². The van der Waals surface area contributed by atoms with Crippen LogP contribution in [0.25, 0.3) is 0 Å². The highest BCUT2D eigenvalue weighted by molar-refractivity contribution is 6.01. The van der Waals surface area contributed by atoms with Gasteiger partial charge in [-0.3, -0.25) is 28.8 Å². The van der Waals surface area contributed by atoms with Gasteiger partial charge in [-0.05, 0) is 36.1 Å². The van der Waals surface area contributed by atoms with Crippen LogP contribution < -0.4 is 26.4 Å². The third-order valence-corrected chi connectivity index (χ3v) is 7.55. The number of rotatable bonds is 8. The fourth-order valence-corrected chi connectivity index (χ4v) is 5.04. The second-order valence-electron chi connectivity index (χ2n) is 10.9. The average molecular weight is 607 g/mol. The van der Waals surface area contributed by atoms with Crippen LogP contribution in [-0.4, -0.2) is 84.1 Å². The number of likely N-dealkylation sites (N-methyl/N-ethyl adjacent to an activating group) is 1. The third-order valence-electron chi connectivity index (χ3n) is 7.55. The van der Waals surface area contributed by atoms with E-state index < -0.39 is 48.0 Å². The summed E-state index contributed by atoms with van der Waals surface area (Å²) < 4.78 is 5.80. The summed E-state index contributed by atoms with van der Waals surface area (Å²) in [5.41, 5.74) is 7.20. The number of ether oxygens (including phenoxy) is 1. The Labute approximate surface area is 255 Å². The first-order chi connectivity index (χ1) is 21.1. The molecule has 0 saturated carbocycles. The number of carbonyl (C=O) groups is 6. The van der Waals surface area contributed by atoms with Crippen molar-refractivity contribution in [1.82, 2.24) is 25.8 Å². The molecule has 2 aromatic rings. The molecule has 4 rings (SSSR count). The largest absolute Gasteiger partial charge is 0.491 e. The summed E-state index contributed by atoms with van der Waals surface area (Å²) in [6, 6.07) is 11.6. The molecule has 2 aliphatic heterocycles. The number of primary amides is 1. The van der Waals surface area contributed by atoms with Gasteiger partial charge in [0, 0.05) is 39.5 Å². The summed E-state index contributed by atoms with van der Waals surface area (Å²) >= 11 is 0. The molecule has 0 aliphatic carbocycles. The second-order valence-corrected chi connectivity index (χ2v) is 10.9. The fraction of sp³-hybridized carbons (Fsp3) is 0.419. The number of para-hydroxylation sites is 1. The quantitative estimate of drug-likeness (QED) is 0.332. The van der Waals surface area contributed by atoms with Crippen LogP contribution >= 0.6 is 0 Å². The van der Waals surface area contributed by atoms with Crippen molar-refractivity contribution in [3.05, 3.63) is 65.2 Å². The van der Waals surface area contributed by atoms with Crippen molar-refractivity contribution in [2.24, 2.45) is 5.73 Å². The lowest BCUT2D eigenvalue weighted by molar-refractivity contribution is -0.136. The molecule has 1 fully saturated rings. The molecule has 0 spiro atoms. The van der Waals surface area contributed by atoms with Gasteiger partial charge in [-0.1, -0.05) is 36.4 Å². The van der Waals surface area contributed by atoms with E-state index in [0.717, 1.165) is 24.1 Å². The Morgan fingerprint density at radius 3 is 2.43 bits per heavy atom. The zero-order valence-electron chi connectivity index (χ0n) is 24.7. The highest BCUT2D eigenvalue weighted by Crippen LogP contribution is 2.19. The van der Waals surface area contributed by atoms with Gasteiger partial charge in [-0.15, -0.1) is 0 Å². The van der Waals surface area contributed by atoms with E-state index in [1.54, 1.807) is 18.2 Å². The van der Waals surface area contributed by atoms with Crippen LogP contribution in [0.5, 0.6) is 5.75 Å². The molecular formula is C31H38N6O7. The molecule has 13 heteroatoms. The van der Waals surface area contributed by atoms with Crippen LogP contribution in [-0.2, 0) is 37.1 Å². The lowest BCUT2D eigenvalue weighted by atomic mass is 10.1. The molecule has 6 amide bonds. The molecular weight excluding hydrogens is 568 g/mol. The highest BCUT2D eigenvalue weighted by atomic mass is 16.5. The minimum atomic E-state index is -1.29. The number of nitrogens with one attached hydrogen (secondary N) is 3. The fourth-order valence-electron chi connectivity index (χ4n) is 5.04. The summed E-state index contributed by atoms with van der Waals surface area (Å²) in [4.78, 5) is 79.4. The predicted molar refractivity (Wildman–Crippen MR) is 159 cm³/mol. The van der Waals surface area contributed by atoms with E-state index in [-0.39, 0.29) is 49.8 Å². The first-order valence-corrected chi connectivity index (χ1v) is 14.6. The summed E-state index contributed by atoms with van der Waals surface area (Å²) in [6.45, 7) is 1.60. The van der Waals surface area contributed by atoms with Gasteiger partial charge >= 0.3 is 0 Å². The molecule has 0 radical (unpaired) electrons. The molecule has 5 N–H and O–H groups in total. The summed E-state index contributed by atoms with van der Waals surface area (Å²) in [5, 5.41) is 8.00. The van der Waals surface area contributed by atoms with Crippen molar-refractivity contribution < 1.29 is 33.5 Å².